The van der Waals surface area contributed by atoms with Gasteiger partial charge in [-0.15, -0.1) is 0 Å². The zero-order valence-electron chi connectivity index (χ0n) is 14.9. The second-order valence-corrected chi connectivity index (χ2v) is 7.41. The Labute approximate surface area is 162 Å². The fourth-order valence-electron chi connectivity index (χ4n) is 3.82. The van der Waals surface area contributed by atoms with Crippen molar-refractivity contribution in [3.63, 3.8) is 0 Å². The Kier molecular flexibility index (Phi) is 4.58. The molecule has 0 saturated carbocycles. The maximum Gasteiger partial charge on any atom is 0.342 e. The predicted molar refractivity (Wildman–Crippen MR) is 103 cm³/mol. The lowest BCUT2D eigenvalue weighted by Crippen LogP contribution is -2.26. The molecule has 0 bridgehead atoms. The quantitative estimate of drug-likeness (QED) is 0.766. The third-order valence-electron chi connectivity index (χ3n) is 5.22. The van der Waals surface area contributed by atoms with E-state index < -0.39 is 12.1 Å². The van der Waals surface area contributed by atoms with Crippen LogP contribution in [0.25, 0.3) is 5.57 Å². The van der Waals surface area contributed by atoms with Crippen LogP contribution >= 0.6 is 11.6 Å². The molecule has 5 nitrogen and oxygen atoms in total. The van der Waals surface area contributed by atoms with Gasteiger partial charge in [0.1, 0.15) is 23.2 Å². The van der Waals surface area contributed by atoms with Gasteiger partial charge in [0.05, 0.1) is 0 Å². The highest BCUT2D eigenvalue weighted by atomic mass is 35.5. The molecular weight excluding hydrogens is 366 g/mol. The molecule has 0 radical (unpaired) electrons. The lowest BCUT2D eigenvalue weighted by molar-refractivity contribution is 0.0248. The Bertz CT molecular complexity index is 953. The first-order valence-corrected chi connectivity index (χ1v) is 9.24. The second kappa shape index (κ2) is 6.91. The van der Waals surface area contributed by atoms with E-state index in [0.29, 0.717) is 28.1 Å². The zero-order chi connectivity index (χ0) is 19.1. The van der Waals surface area contributed by atoms with Crippen molar-refractivity contribution in [1.29, 1.82) is 0 Å². The van der Waals surface area contributed by atoms with Crippen molar-refractivity contribution >= 4 is 23.1 Å². The average Bonchev–Trinajstić information content (AvgIpc) is 2.63. The average molecular weight is 386 g/mol. The van der Waals surface area contributed by atoms with E-state index in [0.717, 1.165) is 25.1 Å². The molecule has 4 rings (SSSR count). The molecule has 27 heavy (non-hydrogen) atoms. The van der Waals surface area contributed by atoms with Gasteiger partial charge in [-0.2, -0.15) is 0 Å². The van der Waals surface area contributed by atoms with Gasteiger partial charge in [-0.05, 0) is 30.7 Å². The van der Waals surface area contributed by atoms with Crippen LogP contribution in [-0.4, -0.2) is 41.2 Å². The van der Waals surface area contributed by atoms with Gasteiger partial charge in [0, 0.05) is 41.7 Å². The van der Waals surface area contributed by atoms with Gasteiger partial charge in [0.25, 0.3) is 0 Å². The van der Waals surface area contributed by atoms with Gasteiger partial charge in [-0.3, -0.25) is 0 Å². The Balaban J connectivity index is 1.84. The number of halogens is 1. The topological polar surface area (TPSA) is 70.0 Å². The molecule has 2 aromatic carbocycles. The fourth-order valence-corrected chi connectivity index (χ4v) is 4.08. The molecule has 2 N–H and O–H groups in total. The highest BCUT2D eigenvalue weighted by molar-refractivity contribution is 6.31. The van der Waals surface area contributed by atoms with Crippen LogP contribution in [-0.2, 0) is 11.2 Å². The largest absolute Gasteiger partial charge is 0.507 e. The summed E-state index contributed by atoms with van der Waals surface area (Å²) in [6.45, 7) is 1.63. The van der Waals surface area contributed by atoms with Crippen molar-refractivity contribution in [2.75, 3.05) is 20.1 Å². The van der Waals surface area contributed by atoms with Crippen LogP contribution in [0, 0.1) is 0 Å². The maximum atomic E-state index is 12.7. The standard InChI is InChI=1S/C21H20ClNO4/c1-23-8-6-12(7-9-23)19-14-10-18(13-4-2-3-5-15(13)22)27-21(26)20(14)17(25)11-16(19)24/h2-6,11,18,24-25H,7-10H2,1H3. The Morgan fingerprint density at radius 2 is 1.93 bits per heavy atom. The molecule has 140 valence electrons. The summed E-state index contributed by atoms with van der Waals surface area (Å²) in [4.78, 5) is 14.8. The molecule has 2 aliphatic heterocycles. The molecule has 0 aromatic heterocycles. The number of carbonyl (C=O) groups is 1. The number of benzene rings is 2. The highest BCUT2D eigenvalue weighted by Crippen LogP contribution is 2.44. The summed E-state index contributed by atoms with van der Waals surface area (Å²) in [6, 6.07) is 8.45. The molecule has 0 aliphatic carbocycles. The van der Waals surface area contributed by atoms with Crippen LogP contribution in [0.2, 0.25) is 5.02 Å². The molecule has 6 heteroatoms. The number of hydrogen-bond donors (Lipinski definition) is 2. The third kappa shape index (κ3) is 3.17. The highest BCUT2D eigenvalue weighted by Gasteiger charge is 2.35. The monoisotopic (exact) mass is 385 g/mol. The minimum Gasteiger partial charge on any atom is -0.507 e. The summed E-state index contributed by atoms with van der Waals surface area (Å²) in [5, 5.41) is 21.4. The number of likely N-dealkylation sites (N-methyl/N-ethyl adjacent to an activating group) is 1. The molecule has 0 spiro atoms. The van der Waals surface area contributed by atoms with Crippen molar-refractivity contribution < 1.29 is 19.7 Å². The van der Waals surface area contributed by atoms with Gasteiger partial charge in [0.2, 0.25) is 0 Å². The second-order valence-electron chi connectivity index (χ2n) is 7.00. The number of phenols is 2. The van der Waals surface area contributed by atoms with Gasteiger partial charge >= 0.3 is 5.97 Å². The normalized spacial score (nSPS) is 20.0. The molecule has 0 amide bonds. The molecule has 0 saturated heterocycles. The summed E-state index contributed by atoms with van der Waals surface area (Å²) in [7, 11) is 2.03. The number of phenolic OH excluding ortho intramolecular Hbond substituents is 2. The maximum absolute atomic E-state index is 12.7. The number of aromatic hydroxyl groups is 2. The van der Waals surface area contributed by atoms with E-state index in [9.17, 15) is 15.0 Å². The molecule has 2 aromatic rings. The lowest BCUT2D eigenvalue weighted by atomic mass is 9.85. The number of rotatable bonds is 2. The van der Waals surface area contributed by atoms with Crippen molar-refractivity contribution in [3.05, 3.63) is 63.7 Å². The number of esters is 1. The molecule has 1 unspecified atom stereocenters. The van der Waals surface area contributed by atoms with E-state index in [-0.39, 0.29) is 17.1 Å². The molecule has 2 heterocycles. The van der Waals surface area contributed by atoms with Crippen LogP contribution < -0.4 is 0 Å². The smallest absolute Gasteiger partial charge is 0.342 e. The van der Waals surface area contributed by atoms with Crippen molar-refractivity contribution in [3.8, 4) is 11.5 Å². The summed E-state index contributed by atoms with van der Waals surface area (Å²) in [5.74, 6) is -0.884. The Morgan fingerprint density at radius 3 is 2.63 bits per heavy atom. The van der Waals surface area contributed by atoms with E-state index in [1.54, 1.807) is 6.07 Å². The molecule has 2 aliphatic rings. The first-order valence-electron chi connectivity index (χ1n) is 8.87. The predicted octanol–water partition coefficient (Wildman–Crippen LogP) is 3.92. The van der Waals surface area contributed by atoms with Crippen molar-refractivity contribution in [2.24, 2.45) is 0 Å². The fraction of sp³-hybridized carbons (Fsp3) is 0.286. The van der Waals surface area contributed by atoms with Crippen LogP contribution in [0.3, 0.4) is 0 Å². The van der Waals surface area contributed by atoms with E-state index in [4.69, 9.17) is 16.3 Å². The van der Waals surface area contributed by atoms with Crippen molar-refractivity contribution in [2.45, 2.75) is 18.9 Å². The van der Waals surface area contributed by atoms with Crippen LogP contribution in [0.1, 0.15) is 39.6 Å². The SMILES string of the molecule is CN1CC=C(c2c(O)cc(O)c3c2CC(c2ccccc2Cl)OC3=O)CC1. The number of carbonyl (C=O) groups excluding carboxylic acids is 1. The van der Waals surface area contributed by atoms with Gasteiger partial charge < -0.3 is 19.8 Å². The van der Waals surface area contributed by atoms with Crippen LogP contribution in [0.5, 0.6) is 11.5 Å². The minimum absolute atomic E-state index is 0.0188. The van der Waals surface area contributed by atoms with E-state index in [2.05, 4.69) is 11.0 Å². The Hall–Kier alpha value is -2.50. The zero-order valence-corrected chi connectivity index (χ0v) is 15.7. The summed E-state index contributed by atoms with van der Waals surface area (Å²) >= 11 is 6.29. The summed E-state index contributed by atoms with van der Waals surface area (Å²) in [5.41, 5.74) is 3.07. The van der Waals surface area contributed by atoms with Gasteiger partial charge in [-0.25, -0.2) is 4.79 Å². The number of fused-ring (bicyclic) bond motifs is 1. The summed E-state index contributed by atoms with van der Waals surface area (Å²) in [6.07, 6.45) is 2.59. The third-order valence-corrected chi connectivity index (χ3v) is 5.56. The molecular formula is C21H20ClNO4. The van der Waals surface area contributed by atoms with Crippen LogP contribution in [0.15, 0.2) is 36.4 Å². The minimum atomic E-state index is -0.603. The molecule has 0 fully saturated rings. The van der Waals surface area contributed by atoms with E-state index >= 15 is 0 Å². The van der Waals surface area contributed by atoms with E-state index in [1.165, 1.54) is 6.07 Å². The van der Waals surface area contributed by atoms with Crippen LogP contribution in [0.4, 0.5) is 0 Å². The number of cyclic esters (lactones) is 1. The lowest BCUT2D eigenvalue weighted by Gasteiger charge is -2.30. The molecule has 1 atom stereocenters. The first kappa shape index (κ1) is 17.9. The van der Waals surface area contributed by atoms with Gasteiger partial charge in [0.15, 0.2) is 0 Å². The number of nitrogens with zero attached hydrogens (tertiary/aromatic N) is 1. The van der Waals surface area contributed by atoms with Crippen molar-refractivity contribution in [1.82, 2.24) is 4.90 Å². The number of ether oxygens (including phenoxy) is 1. The van der Waals surface area contributed by atoms with E-state index in [1.807, 2.05) is 25.2 Å². The number of hydrogen-bond acceptors (Lipinski definition) is 5. The summed E-state index contributed by atoms with van der Waals surface area (Å²) < 4.78 is 5.57. The first-order chi connectivity index (χ1) is 13.0. The van der Waals surface area contributed by atoms with Gasteiger partial charge in [-0.1, -0.05) is 35.9 Å². The Morgan fingerprint density at radius 1 is 1.19 bits per heavy atom.